The first-order chi connectivity index (χ1) is 8.19. The normalized spacial score (nSPS) is 18.3. The zero-order valence-corrected chi connectivity index (χ0v) is 10.7. The fraction of sp³-hybridized carbons (Fsp3) is 0.571. The molecule has 1 N–H and O–H groups in total. The summed E-state index contributed by atoms with van der Waals surface area (Å²) in [6.07, 6.45) is 2.20. The van der Waals surface area contributed by atoms with Crippen molar-refractivity contribution in [1.29, 1.82) is 0 Å². The van der Waals surface area contributed by atoms with Crippen LogP contribution in [0.4, 0.5) is 10.1 Å². The predicted octanol–water partition coefficient (Wildman–Crippen LogP) is 3.03. The van der Waals surface area contributed by atoms with Gasteiger partial charge < -0.3 is 10.2 Å². The average Bonchev–Trinajstić information content (AvgIpc) is 2.35. The number of aryl methyl sites for hydroxylation is 1. The van der Waals surface area contributed by atoms with Crippen molar-refractivity contribution in [2.75, 3.05) is 25.0 Å². The lowest BCUT2D eigenvalue weighted by Gasteiger charge is -2.32. The number of nitrogens with zero attached hydrogens (tertiary/aromatic N) is 1. The number of anilines is 1. The third kappa shape index (κ3) is 3.19. The van der Waals surface area contributed by atoms with E-state index in [1.807, 2.05) is 13.0 Å². The number of hydrogen-bond acceptors (Lipinski definition) is 2. The van der Waals surface area contributed by atoms with Gasteiger partial charge in [-0.2, -0.15) is 0 Å². The SMILES string of the molecule is CCN1CCC(Nc2cc(C)ccc2F)CC1. The summed E-state index contributed by atoms with van der Waals surface area (Å²) in [6.45, 7) is 7.52. The largest absolute Gasteiger partial charge is 0.380 e. The minimum atomic E-state index is -0.145. The third-order valence-electron chi connectivity index (χ3n) is 3.52. The van der Waals surface area contributed by atoms with E-state index in [0.29, 0.717) is 11.7 Å². The Balaban J connectivity index is 1.95. The molecule has 3 heteroatoms. The molecule has 1 saturated heterocycles. The molecule has 0 unspecified atom stereocenters. The van der Waals surface area contributed by atoms with E-state index in [0.717, 1.165) is 38.0 Å². The van der Waals surface area contributed by atoms with Crippen molar-refractivity contribution in [3.63, 3.8) is 0 Å². The lowest BCUT2D eigenvalue weighted by atomic mass is 10.0. The molecule has 0 spiro atoms. The molecular formula is C14H21FN2. The van der Waals surface area contributed by atoms with Crippen LogP contribution in [0.1, 0.15) is 25.3 Å². The summed E-state index contributed by atoms with van der Waals surface area (Å²) in [4.78, 5) is 2.44. The minimum absolute atomic E-state index is 0.145. The Hall–Kier alpha value is -1.09. The van der Waals surface area contributed by atoms with Gasteiger partial charge in [-0.15, -0.1) is 0 Å². The molecule has 1 aliphatic heterocycles. The Labute approximate surface area is 103 Å². The summed E-state index contributed by atoms with van der Waals surface area (Å²) in [6, 6.07) is 5.65. The smallest absolute Gasteiger partial charge is 0.146 e. The molecule has 0 saturated carbocycles. The van der Waals surface area contributed by atoms with Gasteiger partial charge in [0.1, 0.15) is 5.82 Å². The number of rotatable bonds is 3. The van der Waals surface area contributed by atoms with Crippen molar-refractivity contribution in [2.24, 2.45) is 0 Å². The van der Waals surface area contributed by atoms with Gasteiger partial charge in [0.25, 0.3) is 0 Å². The number of halogens is 1. The number of benzene rings is 1. The first-order valence-electron chi connectivity index (χ1n) is 6.44. The quantitative estimate of drug-likeness (QED) is 0.867. The molecule has 1 aromatic rings. The van der Waals surface area contributed by atoms with Crippen molar-refractivity contribution in [3.8, 4) is 0 Å². The van der Waals surface area contributed by atoms with Crippen molar-refractivity contribution >= 4 is 5.69 Å². The van der Waals surface area contributed by atoms with Crippen LogP contribution in [0.3, 0.4) is 0 Å². The highest BCUT2D eigenvalue weighted by atomic mass is 19.1. The van der Waals surface area contributed by atoms with Crippen LogP contribution in [0, 0.1) is 12.7 Å². The Morgan fingerprint density at radius 1 is 1.35 bits per heavy atom. The second-order valence-electron chi connectivity index (χ2n) is 4.84. The summed E-state index contributed by atoms with van der Waals surface area (Å²) in [7, 11) is 0. The van der Waals surface area contributed by atoms with Crippen LogP contribution in [0.2, 0.25) is 0 Å². The van der Waals surface area contributed by atoms with E-state index in [-0.39, 0.29) is 5.82 Å². The van der Waals surface area contributed by atoms with Crippen molar-refractivity contribution in [1.82, 2.24) is 4.90 Å². The van der Waals surface area contributed by atoms with Gasteiger partial charge in [-0.05, 0) is 44.0 Å². The van der Waals surface area contributed by atoms with Crippen LogP contribution in [0.25, 0.3) is 0 Å². The maximum Gasteiger partial charge on any atom is 0.146 e. The molecule has 1 heterocycles. The maximum absolute atomic E-state index is 13.6. The van der Waals surface area contributed by atoms with Gasteiger partial charge in [0.05, 0.1) is 5.69 Å². The third-order valence-corrected chi connectivity index (χ3v) is 3.52. The Morgan fingerprint density at radius 2 is 2.06 bits per heavy atom. The van der Waals surface area contributed by atoms with E-state index in [4.69, 9.17) is 0 Å². The van der Waals surface area contributed by atoms with Gasteiger partial charge in [-0.1, -0.05) is 13.0 Å². The van der Waals surface area contributed by atoms with E-state index in [1.54, 1.807) is 12.1 Å². The lowest BCUT2D eigenvalue weighted by Crippen LogP contribution is -2.39. The molecule has 17 heavy (non-hydrogen) atoms. The number of piperidine rings is 1. The molecule has 0 atom stereocenters. The van der Waals surface area contributed by atoms with Gasteiger partial charge >= 0.3 is 0 Å². The summed E-state index contributed by atoms with van der Waals surface area (Å²) < 4.78 is 13.6. The molecular weight excluding hydrogens is 215 g/mol. The highest BCUT2D eigenvalue weighted by molar-refractivity contribution is 5.47. The molecule has 1 fully saturated rings. The number of likely N-dealkylation sites (tertiary alicyclic amines) is 1. The van der Waals surface area contributed by atoms with E-state index in [1.165, 1.54) is 0 Å². The van der Waals surface area contributed by atoms with Crippen LogP contribution < -0.4 is 5.32 Å². The molecule has 0 aromatic heterocycles. The van der Waals surface area contributed by atoms with Crippen molar-refractivity contribution < 1.29 is 4.39 Å². The average molecular weight is 236 g/mol. The molecule has 0 aliphatic carbocycles. The van der Waals surface area contributed by atoms with Crippen LogP contribution in [-0.4, -0.2) is 30.6 Å². The van der Waals surface area contributed by atoms with Crippen LogP contribution in [0.5, 0.6) is 0 Å². The molecule has 1 aliphatic rings. The topological polar surface area (TPSA) is 15.3 Å². The zero-order valence-electron chi connectivity index (χ0n) is 10.7. The fourth-order valence-electron chi connectivity index (χ4n) is 2.36. The Bertz CT molecular complexity index is 370. The van der Waals surface area contributed by atoms with Crippen molar-refractivity contribution in [3.05, 3.63) is 29.6 Å². The lowest BCUT2D eigenvalue weighted by molar-refractivity contribution is 0.229. The van der Waals surface area contributed by atoms with E-state index < -0.39 is 0 Å². The summed E-state index contributed by atoms with van der Waals surface area (Å²) in [5.41, 5.74) is 1.75. The van der Waals surface area contributed by atoms with Crippen LogP contribution in [-0.2, 0) is 0 Å². The number of nitrogens with one attached hydrogen (secondary N) is 1. The summed E-state index contributed by atoms with van der Waals surface area (Å²) in [5, 5.41) is 3.33. The highest BCUT2D eigenvalue weighted by Crippen LogP contribution is 2.20. The zero-order chi connectivity index (χ0) is 12.3. The molecule has 1 aromatic carbocycles. The second-order valence-corrected chi connectivity index (χ2v) is 4.84. The molecule has 2 rings (SSSR count). The predicted molar refractivity (Wildman–Crippen MR) is 69.9 cm³/mol. The molecule has 94 valence electrons. The first kappa shape index (κ1) is 12.4. The van der Waals surface area contributed by atoms with Gasteiger partial charge in [0.15, 0.2) is 0 Å². The summed E-state index contributed by atoms with van der Waals surface area (Å²) in [5.74, 6) is -0.145. The van der Waals surface area contributed by atoms with Crippen molar-refractivity contribution in [2.45, 2.75) is 32.7 Å². The van der Waals surface area contributed by atoms with Crippen LogP contribution in [0.15, 0.2) is 18.2 Å². The molecule has 0 bridgehead atoms. The molecule has 2 nitrogen and oxygen atoms in total. The van der Waals surface area contributed by atoms with E-state index in [2.05, 4.69) is 17.1 Å². The Kier molecular flexibility index (Phi) is 4.00. The van der Waals surface area contributed by atoms with E-state index >= 15 is 0 Å². The standard InChI is InChI=1S/C14H21FN2/c1-3-17-8-6-12(7-9-17)16-14-10-11(2)4-5-13(14)15/h4-5,10,12,16H,3,6-9H2,1-2H3. The fourth-order valence-corrected chi connectivity index (χ4v) is 2.36. The molecule has 0 radical (unpaired) electrons. The van der Waals surface area contributed by atoms with Gasteiger partial charge in [-0.3, -0.25) is 0 Å². The van der Waals surface area contributed by atoms with Gasteiger partial charge in [-0.25, -0.2) is 4.39 Å². The van der Waals surface area contributed by atoms with E-state index in [9.17, 15) is 4.39 Å². The maximum atomic E-state index is 13.6. The van der Waals surface area contributed by atoms with Crippen LogP contribution >= 0.6 is 0 Å². The first-order valence-corrected chi connectivity index (χ1v) is 6.44. The summed E-state index contributed by atoms with van der Waals surface area (Å²) >= 11 is 0. The monoisotopic (exact) mass is 236 g/mol. The Morgan fingerprint density at radius 3 is 2.71 bits per heavy atom. The molecule has 0 amide bonds. The van der Waals surface area contributed by atoms with Gasteiger partial charge in [0.2, 0.25) is 0 Å². The highest BCUT2D eigenvalue weighted by Gasteiger charge is 2.18. The number of hydrogen-bond donors (Lipinski definition) is 1. The second kappa shape index (κ2) is 5.50. The van der Waals surface area contributed by atoms with Gasteiger partial charge in [0, 0.05) is 19.1 Å². The minimum Gasteiger partial charge on any atom is -0.380 e.